The van der Waals surface area contributed by atoms with Crippen molar-refractivity contribution in [1.29, 1.82) is 0 Å². The van der Waals surface area contributed by atoms with Gasteiger partial charge in [0, 0.05) is 31.7 Å². The van der Waals surface area contributed by atoms with Crippen LogP contribution in [0, 0.1) is 5.92 Å². The maximum atomic E-state index is 13.7. The topological polar surface area (TPSA) is 137 Å². The second-order valence-electron chi connectivity index (χ2n) is 8.76. The molecule has 1 amide bonds. The van der Waals surface area contributed by atoms with Crippen LogP contribution in [0.4, 0.5) is 4.79 Å². The minimum absolute atomic E-state index is 0.0696. The van der Waals surface area contributed by atoms with Crippen molar-refractivity contribution in [1.82, 2.24) is 9.80 Å². The number of fused-ring (bicyclic) bond motifs is 4. The molecule has 4 heterocycles. The fourth-order valence-electron chi connectivity index (χ4n) is 5.84. The second-order valence-corrected chi connectivity index (χ2v) is 8.76. The number of amides is 1. The molecule has 5 atom stereocenters. The SMILES string of the molecule is CCOC(=O)C1=C(C)CC2=C(O1)C(=O)C1=C(C2=O)[C@@H](COC(N)=O)[C@@]2(OC)[C@@H]3[C@H](CN12)N3C. The van der Waals surface area contributed by atoms with Gasteiger partial charge in [-0.05, 0) is 26.5 Å². The van der Waals surface area contributed by atoms with Crippen molar-refractivity contribution in [2.24, 2.45) is 11.7 Å². The Balaban J connectivity index is 1.56. The van der Waals surface area contributed by atoms with Crippen LogP contribution in [0.15, 0.2) is 33.9 Å². The Kier molecular flexibility index (Phi) is 4.70. The van der Waals surface area contributed by atoms with Gasteiger partial charge >= 0.3 is 12.1 Å². The molecular formula is C22H25N3O8. The average molecular weight is 459 g/mol. The molecule has 2 saturated heterocycles. The normalized spacial score (nSPS) is 34.0. The van der Waals surface area contributed by atoms with E-state index in [1.165, 1.54) is 7.11 Å². The van der Waals surface area contributed by atoms with Gasteiger partial charge in [-0.1, -0.05) is 0 Å². The van der Waals surface area contributed by atoms with Crippen molar-refractivity contribution < 1.29 is 38.1 Å². The molecule has 11 nitrogen and oxygen atoms in total. The Labute approximate surface area is 189 Å². The maximum absolute atomic E-state index is 13.7. The van der Waals surface area contributed by atoms with Crippen LogP contribution in [0.5, 0.6) is 0 Å². The van der Waals surface area contributed by atoms with E-state index in [4.69, 9.17) is 24.7 Å². The molecular weight excluding hydrogens is 434 g/mol. The standard InChI is InChI=1S/C22H25N3O8/c1-5-31-20(28)17-9(2)6-10-15(26)13-11(8-32-21(23)29)22(30-4)19-12(24(19)3)7-25(22)14(13)16(27)18(10)33-17/h11-12,19H,5-8H2,1-4H3,(H2,23,29)/t11-,12+,19+,22-,24?/m1/s1. The van der Waals surface area contributed by atoms with Crippen LogP contribution in [0.1, 0.15) is 20.3 Å². The van der Waals surface area contributed by atoms with Crippen LogP contribution in [0.25, 0.3) is 0 Å². The zero-order valence-electron chi connectivity index (χ0n) is 18.8. The van der Waals surface area contributed by atoms with Crippen LogP contribution in [-0.4, -0.2) is 85.2 Å². The molecule has 2 fully saturated rings. The lowest BCUT2D eigenvalue weighted by atomic mass is 9.80. The first-order valence-electron chi connectivity index (χ1n) is 10.8. The van der Waals surface area contributed by atoms with Gasteiger partial charge in [0.15, 0.2) is 17.3 Å². The number of nitrogens with two attached hydrogens (primary N) is 1. The molecule has 11 heteroatoms. The van der Waals surface area contributed by atoms with Gasteiger partial charge in [0.1, 0.15) is 6.61 Å². The number of ether oxygens (including phenoxy) is 4. The Hall–Kier alpha value is -3.18. The number of carbonyl (C=O) groups is 4. The lowest BCUT2D eigenvalue weighted by Gasteiger charge is -2.40. The minimum Gasteiger partial charge on any atom is -0.460 e. The van der Waals surface area contributed by atoms with E-state index in [2.05, 4.69) is 4.90 Å². The van der Waals surface area contributed by atoms with Gasteiger partial charge in [0.25, 0.3) is 0 Å². The van der Waals surface area contributed by atoms with Crippen molar-refractivity contribution in [2.45, 2.75) is 38.1 Å². The van der Waals surface area contributed by atoms with Gasteiger partial charge in [-0.25, -0.2) is 9.59 Å². The van der Waals surface area contributed by atoms with Crippen LogP contribution in [0.3, 0.4) is 0 Å². The molecule has 0 aromatic heterocycles. The van der Waals surface area contributed by atoms with Gasteiger partial charge < -0.3 is 29.6 Å². The Bertz CT molecular complexity index is 1100. The highest BCUT2D eigenvalue weighted by molar-refractivity contribution is 6.25. The minimum atomic E-state index is -1.06. The second kappa shape index (κ2) is 7.16. The van der Waals surface area contributed by atoms with Gasteiger partial charge in [-0.15, -0.1) is 0 Å². The van der Waals surface area contributed by atoms with E-state index in [0.717, 1.165) is 0 Å². The Morgan fingerprint density at radius 2 is 1.97 bits per heavy atom. The zero-order valence-corrected chi connectivity index (χ0v) is 18.8. The molecule has 0 aromatic rings. The van der Waals surface area contributed by atoms with Crippen molar-refractivity contribution in [2.75, 3.05) is 33.9 Å². The number of nitrogens with zero attached hydrogens (tertiary/aromatic N) is 2. The predicted octanol–water partition coefficient (Wildman–Crippen LogP) is -0.0302. The van der Waals surface area contributed by atoms with Gasteiger partial charge in [-0.3, -0.25) is 14.5 Å². The number of likely N-dealkylation sites (N-methyl/N-ethyl adjacent to an activating group) is 1. The Morgan fingerprint density at radius 1 is 1.24 bits per heavy atom. The molecule has 2 N–H and O–H groups in total. The summed E-state index contributed by atoms with van der Waals surface area (Å²) in [5.41, 5.74) is 5.21. The highest BCUT2D eigenvalue weighted by Crippen LogP contribution is 2.59. The van der Waals surface area contributed by atoms with E-state index in [0.29, 0.717) is 12.1 Å². The fraction of sp³-hybridized carbons (Fsp3) is 0.545. The summed E-state index contributed by atoms with van der Waals surface area (Å²) in [6.07, 6.45) is -0.908. The predicted molar refractivity (Wildman–Crippen MR) is 110 cm³/mol. The molecule has 33 heavy (non-hydrogen) atoms. The summed E-state index contributed by atoms with van der Waals surface area (Å²) >= 11 is 0. The molecule has 4 aliphatic heterocycles. The van der Waals surface area contributed by atoms with Crippen molar-refractivity contribution in [3.8, 4) is 0 Å². The number of hydrogen-bond acceptors (Lipinski definition) is 10. The smallest absolute Gasteiger partial charge is 0.404 e. The number of esters is 1. The van der Waals surface area contributed by atoms with Crippen LogP contribution in [-0.2, 0) is 33.3 Å². The molecule has 1 unspecified atom stereocenters. The first-order chi connectivity index (χ1) is 15.7. The van der Waals surface area contributed by atoms with E-state index in [-0.39, 0.29) is 65.9 Å². The highest BCUT2D eigenvalue weighted by atomic mass is 16.6. The lowest BCUT2D eigenvalue weighted by molar-refractivity contribution is -0.145. The van der Waals surface area contributed by atoms with Gasteiger partial charge in [0.05, 0.1) is 29.8 Å². The summed E-state index contributed by atoms with van der Waals surface area (Å²) in [6, 6.07) is 0.0286. The molecule has 0 aromatic carbocycles. The van der Waals surface area contributed by atoms with Crippen LogP contribution >= 0.6 is 0 Å². The van der Waals surface area contributed by atoms with E-state index in [1.807, 2.05) is 7.05 Å². The van der Waals surface area contributed by atoms with Crippen LogP contribution < -0.4 is 5.73 Å². The first kappa shape index (κ1) is 21.7. The van der Waals surface area contributed by atoms with Gasteiger partial charge in [0.2, 0.25) is 11.5 Å². The largest absolute Gasteiger partial charge is 0.460 e. The number of allylic oxidation sites excluding steroid dienone is 2. The molecule has 0 saturated carbocycles. The maximum Gasteiger partial charge on any atom is 0.404 e. The molecule has 176 valence electrons. The molecule has 0 spiro atoms. The monoisotopic (exact) mass is 459 g/mol. The number of carbonyl (C=O) groups excluding carboxylic acids is 4. The third-order valence-electron chi connectivity index (χ3n) is 7.25. The van der Waals surface area contributed by atoms with Gasteiger partial charge in [-0.2, -0.15) is 0 Å². The molecule has 0 radical (unpaired) electrons. The molecule has 5 rings (SSSR count). The number of ketones is 2. The van der Waals surface area contributed by atoms with Crippen molar-refractivity contribution in [3.05, 3.63) is 33.9 Å². The van der Waals surface area contributed by atoms with E-state index < -0.39 is 29.5 Å². The number of Topliss-reactive ketones (excluding diaryl/α,β-unsaturated/α-hetero) is 2. The zero-order chi connectivity index (χ0) is 23.8. The van der Waals surface area contributed by atoms with Crippen LogP contribution in [0.2, 0.25) is 0 Å². The molecule has 1 aliphatic carbocycles. The van der Waals surface area contributed by atoms with E-state index in [9.17, 15) is 19.2 Å². The first-order valence-corrected chi connectivity index (χ1v) is 10.8. The summed E-state index contributed by atoms with van der Waals surface area (Å²) in [4.78, 5) is 55.1. The fourth-order valence-corrected chi connectivity index (χ4v) is 5.84. The highest BCUT2D eigenvalue weighted by Gasteiger charge is 2.75. The Morgan fingerprint density at radius 3 is 2.61 bits per heavy atom. The molecule has 0 bridgehead atoms. The third-order valence-corrected chi connectivity index (χ3v) is 7.25. The number of primary amides is 1. The summed E-state index contributed by atoms with van der Waals surface area (Å²) in [5.74, 6) is -2.52. The lowest BCUT2D eigenvalue weighted by Crippen LogP contribution is -2.55. The summed E-state index contributed by atoms with van der Waals surface area (Å²) in [5, 5.41) is 0. The van der Waals surface area contributed by atoms with E-state index in [1.54, 1.807) is 18.7 Å². The number of rotatable bonds is 5. The quantitative estimate of drug-likeness (QED) is 0.339. The van der Waals surface area contributed by atoms with E-state index >= 15 is 0 Å². The summed E-state index contributed by atoms with van der Waals surface area (Å²) < 4.78 is 21.9. The number of methoxy groups -OCH3 is 1. The number of piperazine rings is 1. The summed E-state index contributed by atoms with van der Waals surface area (Å²) in [6.45, 7) is 3.72. The van der Waals surface area contributed by atoms with Crippen molar-refractivity contribution in [3.63, 3.8) is 0 Å². The number of hydrogen-bond donors (Lipinski definition) is 1. The average Bonchev–Trinajstić information content (AvgIpc) is 3.15. The summed E-state index contributed by atoms with van der Waals surface area (Å²) in [7, 11) is 3.45. The molecule has 5 aliphatic rings. The third kappa shape index (κ3) is 2.69. The van der Waals surface area contributed by atoms with Crippen molar-refractivity contribution >= 4 is 23.6 Å².